The zero-order valence-corrected chi connectivity index (χ0v) is 11.5. The quantitative estimate of drug-likeness (QED) is 0.686. The summed E-state index contributed by atoms with van der Waals surface area (Å²) in [5.41, 5.74) is 8.04. The second kappa shape index (κ2) is 4.56. The van der Waals surface area contributed by atoms with Crippen molar-refractivity contribution in [3.05, 3.63) is 22.7 Å². The fourth-order valence-corrected chi connectivity index (χ4v) is 2.78. The van der Waals surface area contributed by atoms with Crippen molar-refractivity contribution in [2.24, 2.45) is 0 Å². The molecule has 1 saturated heterocycles. The molecule has 4 N–H and O–H groups in total. The molecule has 1 atom stereocenters. The van der Waals surface area contributed by atoms with Crippen molar-refractivity contribution in [2.45, 2.75) is 31.8 Å². The smallest absolute Gasteiger partial charge is 0.408 e. The Morgan fingerprint density at radius 2 is 2.20 bits per heavy atom. The molecule has 6 heteroatoms. The van der Waals surface area contributed by atoms with Crippen molar-refractivity contribution < 1.29 is 9.52 Å². The Balaban J connectivity index is 1.96. The van der Waals surface area contributed by atoms with Crippen LogP contribution in [0, 0.1) is 0 Å². The van der Waals surface area contributed by atoms with Crippen LogP contribution < -0.4 is 16.4 Å². The van der Waals surface area contributed by atoms with Gasteiger partial charge in [-0.25, -0.2) is 4.79 Å². The first kappa shape index (κ1) is 13.1. The molecule has 1 unspecified atom stereocenters. The maximum absolute atomic E-state index is 11.2. The lowest BCUT2D eigenvalue weighted by molar-refractivity contribution is 0.0481. The van der Waals surface area contributed by atoms with Crippen LogP contribution in [0.25, 0.3) is 11.1 Å². The number of aromatic amines is 1. The van der Waals surface area contributed by atoms with E-state index < -0.39 is 11.4 Å². The summed E-state index contributed by atoms with van der Waals surface area (Å²) in [6.07, 6.45) is 2.40. The van der Waals surface area contributed by atoms with E-state index in [9.17, 15) is 9.90 Å². The maximum atomic E-state index is 11.2. The Bertz CT molecular complexity index is 687. The second-order valence-electron chi connectivity index (χ2n) is 5.76. The van der Waals surface area contributed by atoms with Crippen LogP contribution in [-0.2, 0) is 0 Å². The molecule has 1 aliphatic heterocycles. The third-order valence-corrected chi connectivity index (χ3v) is 3.97. The predicted octanol–water partition coefficient (Wildman–Crippen LogP) is 1.44. The average Bonchev–Trinajstić information content (AvgIpc) is 2.61. The number of nitrogens with zero attached hydrogens (tertiary/aromatic N) is 1. The normalized spacial score (nSPS) is 24.0. The van der Waals surface area contributed by atoms with Crippen molar-refractivity contribution in [3.8, 4) is 0 Å². The van der Waals surface area contributed by atoms with Gasteiger partial charge < -0.3 is 20.2 Å². The number of hydrogen-bond donors (Lipinski definition) is 3. The summed E-state index contributed by atoms with van der Waals surface area (Å²) in [4.78, 5) is 16.0. The third-order valence-electron chi connectivity index (χ3n) is 3.97. The molecule has 1 aliphatic rings. The summed E-state index contributed by atoms with van der Waals surface area (Å²) >= 11 is 0. The number of aromatic nitrogens is 1. The van der Waals surface area contributed by atoms with Gasteiger partial charge in [-0.3, -0.25) is 4.98 Å². The van der Waals surface area contributed by atoms with Gasteiger partial charge in [0.25, 0.3) is 0 Å². The topological polar surface area (TPSA) is 95.5 Å². The molecule has 1 aromatic carbocycles. The molecule has 0 aliphatic carbocycles. The highest BCUT2D eigenvalue weighted by molar-refractivity contribution is 5.85. The molecule has 2 aromatic rings. The lowest BCUT2D eigenvalue weighted by Crippen LogP contribution is -2.28. The molecule has 0 spiro atoms. The van der Waals surface area contributed by atoms with Gasteiger partial charge in [-0.05, 0) is 32.3 Å². The van der Waals surface area contributed by atoms with Gasteiger partial charge in [0.2, 0.25) is 0 Å². The molecule has 0 amide bonds. The van der Waals surface area contributed by atoms with E-state index in [2.05, 4.69) is 9.88 Å². The van der Waals surface area contributed by atoms with Crippen molar-refractivity contribution in [1.29, 1.82) is 0 Å². The van der Waals surface area contributed by atoms with Crippen LogP contribution >= 0.6 is 0 Å². The van der Waals surface area contributed by atoms with Gasteiger partial charge in [0, 0.05) is 19.2 Å². The Morgan fingerprint density at radius 3 is 3.00 bits per heavy atom. The lowest BCUT2D eigenvalue weighted by Gasteiger charge is -2.25. The van der Waals surface area contributed by atoms with E-state index in [0.29, 0.717) is 23.2 Å². The molecule has 0 saturated carbocycles. The number of oxazole rings is 1. The molecule has 0 radical (unpaired) electrons. The highest BCUT2D eigenvalue weighted by atomic mass is 16.4. The van der Waals surface area contributed by atoms with Gasteiger partial charge in [-0.15, -0.1) is 0 Å². The molecule has 3 rings (SSSR count). The number of nitrogens with one attached hydrogen (secondary N) is 1. The summed E-state index contributed by atoms with van der Waals surface area (Å²) in [7, 11) is 0. The minimum Gasteiger partial charge on any atom is -0.408 e. The first-order chi connectivity index (χ1) is 9.44. The van der Waals surface area contributed by atoms with Gasteiger partial charge in [-0.1, -0.05) is 0 Å². The standard InChI is InChI=1S/C14H19N3O3/c1-14(19)3-2-5-17(6-4-14)11-8-10-12(7-9(11)15)20-13(18)16-10/h7-8,19H,2-6,15H2,1H3,(H,16,18). The van der Waals surface area contributed by atoms with Crippen LogP contribution in [0.5, 0.6) is 0 Å². The molecular weight excluding hydrogens is 258 g/mol. The van der Waals surface area contributed by atoms with Gasteiger partial charge in [-0.2, -0.15) is 0 Å². The third kappa shape index (κ3) is 2.38. The predicted molar refractivity (Wildman–Crippen MR) is 77.9 cm³/mol. The van der Waals surface area contributed by atoms with Crippen molar-refractivity contribution in [1.82, 2.24) is 4.98 Å². The second-order valence-corrected chi connectivity index (χ2v) is 5.76. The number of hydrogen-bond acceptors (Lipinski definition) is 5. The van der Waals surface area contributed by atoms with E-state index in [1.165, 1.54) is 0 Å². The van der Waals surface area contributed by atoms with Crippen molar-refractivity contribution in [2.75, 3.05) is 23.7 Å². The summed E-state index contributed by atoms with van der Waals surface area (Å²) in [6, 6.07) is 3.52. The molecule has 108 valence electrons. The van der Waals surface area contributed by atoms with Gasteiger partial charge in [0.05, 0.1) is 22.5 Å². The molecule has 2 heterocycles. The minimum atomic E-state index is -0.614. The summed E-state index contributed by atoms with van der Waals surface area (Å²) in [5, 5.41) is 10.1. The number of H-pyrrole nitrogens is 1. The van der Waals surface area contributed by atoms with E-state index in [-0.39, 0.29) is 0 Å². The monoisotopic (exact) mass is 277 g/mol. The van der Waals surface area contributed by atoms with Crippen LogP contribution in [0.1, 0.15) is 26.2 Å². The summed E-state index contributed by atoms with van der Waals surface area (Å²) < 4.78 is 5.00. The number of benzene rings is 1. The van der Waals surface area contributed by atoms with Crippen molar-refractivity contribution in [3.63, 3.8) is 0 Å². The molecule has 1 fully saturated rings. The number of nitrogen functional groups attached to an aromatic ring is 1. The number of anilines is 2. The van der Waals surface area contributed by atoms with Crippen LogP contribution in [0.3, 0.4) is 0 Å². The summed E-state index contributed by atoms with van der Waals surface area (Å²) in [5.74, 6) is -0.477. The van der Waals surface area contributed by atoms with E-state index in [1.807, 2.05) is 13.0 Å². The van der Waals surface area contributed by atoms with Crippen LogP contribution in [0.2, 0.25) is 0 Å². The molecular formula is C14H19N3O3. The lowest BCUT2D eigenvalue weighted by atomic mass is 9.98. The first-order valence-electron chi connectivity index (χ1n) is 6.84. The maximum Gasteiger partial charge on any atom is 0.417 e. The Kier molecular flexibility index (Phi) is 2.97. The molecule has 1 aromatic heterocycles. The van der Waals surface area contributed by atoms with Crippen LogP contribution in [-0.4, -0.2) is 28.8 Å². The number of nitrogens with two attached hydrogens (primary N) is 1. The SMILES string of the molecule is CC1(O)CCCN(c2cc3[nH]c(=O)oc3cc2N)CC1. The Labute approximate surface area is 116 Å². The fourth-order valence-electron chi connectivity index (χ4n) is 2.78. The van der Waals surface area contributed by atoms with Gasteiger partial charge in [0.1, 0.15) is 0 Å². The molecule has 20 heavy (non-hydrogen) atoms. The molecule has 0 bridgehead atoms. The molecule has 6 nitrogen and oxygen atoms in total. The van der Waals surface area contributed by atoms with Crippen LogP contribution in [0.4, 0.5) is 11.4 Å². The highest BCUT2D eigenvalue weighted by Crippen LogP contribution is 2.31. The number of fused-ring (bicyclic) bond motifs is 1. The number of aliphatic hydroxyl groups is 1. The number of rotatable bonds is 1. The Morgan fingerprint density at radius 1 is 1.40 bits per heavy atom. The zero-order valence-electron chi connectivity index (χ0n) is 11.5. The van der Waals surface area contributed by atoms with Crippen molar-refractivity contribution >= 4 is 22.5 Å². The summed E-state index contributed by atoms with van der Waals surface area (Å²) in [6.45, 7) is 3.45. The zero-order chi connectivity index (χ0) is 14.3. The van der Waals surface area contributed by atoms with E-state index in [1.54, 1.807) is 6.07 Å². The highest BCUT2D eigenvalue weighted by Gasteiger charge is 2.26. The van der Waals surface area contributed by atoms with E-state index >= 15 is 0 Å². The fraction of sp³-hybridized carbons (Fsp3) is 0.500. The Hall–Kier alpha value is -1.95. The van der Waals surface area contributed by atoms with Gasteiger partial charge >= 0.3 is 5.76 Å². The van der Waals surface area contributed by atoms with E-state index in [4.69, 9.17) is 10.2 Å². The van der Waals surface area contributed by atoms with Crippen LogP contribution in [0.15, 0.2) is 21.3 Å². The first-order valence-corrected chi connectivity index (χ1v) is 6.84. The van der Waals surface area contributed by atoms with Gasteiger partial charge in [0.15, 0.2) is 5.58 Å². The van der Waals surface area contributed by atoms with E-state index in [0.717, 1.165) is 31.6 Å². The minimum absolute atomic E-state index is 0.470. The largest absolute Gasteiger partial charge is 0.417 e. The average molecular weight is 277 g/mol.